The standard InChI is InChI=1S/C10H11NO6P2S2/c12-18(13,14)10(19(15,16)17)9(20)11-8-5-6-3-1-2-4-7(6)21-8/h1-5,10H,(H,11,20)(H2,12,13,14)(H2,15,16,17). The molecule has 0 atom stereocenters. The van der Waals surface area contributed by atoms with Crippen LogP contribution in [0.1, 0.15) is 0 Å². The molecule has 0 bridgehead atoms. The van der Waals surface area contributed by atoms with Crippen LogP contribution in [-0.4, -0.2) is 30.0 Å². The van der Waals surface area contributed by atoms with E-state index in [1.54, 1.807) is 6.07 Å². The topological polar surface area (TPSA) is 127 Å². The van der Waals surface area contributed by atoms with Crippen molar-refractivity contribution < 1.29 is 28.7 Å². The first-order chi connectivity index (χ1) is 9.59. The average Bonchev–Trinajstić information content (AvgIpc) is 2.66. The number of fused-ring (bicyclic) bond motifs is 1. The van der Waals surface area contributed by atoms with Gasteiger partial charge in [-0.05, 0) is 17.5 Å². The van der Waals surface area contributed by atoms with Crippen molar-refractivity contribution in [1.29, 1.82) is 0 Å². The molecule has 5 N–H and O–H groups in total. The van der Waals surface area contributed by atoms with Crippen LogP contribution in [0.15, 0.2) is 30.3 Å². The van der Waals surface area contributed by atoms with Gasteiger partial charge in [-0.3, -0.25) is 9.13 Å². The second-order valence-corrected chi connectivity index (χ2v) is 9.51. The third-order valence-electron chi connectivity index (χ3n) is 2.54. The van der Waals surface area contributed by atoms with Gasteiger partial charge in [0.15, 0.2) is 0 Å². The summed E-state index contributed by atoms with van der Waals surface area (Å²) in [5.74, 6) is 0. The molecule has 0 amide bonds. The second-order valence-electron chi connectivity index (χ2n) is 4.19. The molecule has 114 valence electrons. The molecule has 0 aliphatic rings. The fourth-order valence-electron chi connectivity index (χ4n) is 1.73. The number of nitrogens with one attached hydrogen (secondary N) is 1. The number of rotatable bonds is 4. The minimum atomic E-state index is -5.09. The average molecular weight is 367 g/mol. The molecule has 0 saturated carbocycles. The maximum atomic E-state index is 11.3. The van der Waals surface area contributed by atoms with E-state index in [-0.39, 0.29) is 0 Å². The fourth-order valence-corrected chi connectivity index (χ4v) is 6.01. The number of anilines is 1. The lowest BCUT2D eigenvalue weighted by Crippen LogP contribution is -2.25. The lowest BCUT2D eigenvalue weighted by Gasteiger charge is -2.20. The molecule has 2 aromatic rings. The normalized spacial score (nSPS) is 12.8. The molecule has 1 aromatic carbocycles. The summed E-state index contributed by atoms with van der Waals surface area (Å²) in [4.78, 5) is 35.8. The van der Waals surface area contributed by atoms with E-state index in [2.05, 4.69) is 5.32 Å². The van der Waals surface area contributed by atoms with Crippen molar-refractivity contribution in [2.45, 2.75) is 5.40 Å². The lowest BCUT2D eigenvalue weighted by atomic mass is 10.3. The zero-order valence-corrected chi connectivity index (χ0v) is 13.7. The van der Waals surface area contributed by atoms with E-state index in [1.165, 1.54) is 11.3 Å². The predicted octanol–water partition coefficient (Wildman–Crippen LogP) is 2.32. The monoisotopic (exact) mass is 367 g/mol. The molecule has 21 heavy (non-hydrogen) atoms. The summed E-state index contributed by atoms with van der Waals surface area (Å²) in [6.07, 6.45) is 0. The van der Waals surface area contributed by atoms with Gasteiger partial charge in [0.2, 0.25) is 5.40 Å². The third-order valence-corrected chi connectivity index (χ3v) is 7.86. The Labute approximate surface area is 128 Å². The first-order valence-electron chi connectivity index (χ1n) is 5.49. The van der Waals surface area contributed by atoms with Crippen molar-refractivity contribution in [3.05, 3.63) is 30.3 Å². The van der Waals surface area contributed by atoms with Gasteiger partial charge in [0.25, 0.3) is 0 Å². The second kappa shape index (κ2) is 5.87. The van der Waals surface area contributed by atoms with Gasteiger partial charge < -0.3 is 24.9 Å². The SMILES string of the molecule is O=P(O)(O)C(C(=S)Nc1cc2ccccc2s1)P(=O)(O)O. The number of benzene rings is 1. The van der Waals surface area contributed by atoms with Crippen molar-refractivity contribution in [1.82, 2.24) is 0 Å². The Bertz CT molecular complexity index is 724. The zero-order valence-electron chi connectivity index (χ0n) is 10.3. The van der Waals surface area contributed by atoms with Crippen LogP contribution in [0.4, 0.5) is 5.00 Å². The Hall–Kier alpha value is -0.630. The summed E-state index contributed by atoms with van der Waals surface area (Å²) in [5.41, 5.74) is 0. The Morgan fingerprint density at radius 1 is 1.14 bits per heavy atom. The van der Waals surface area contributed by atoms with Crippen LogP contribution >= 0.6 is 38.7 Å². The van der Waals surface area contributed by atoms with Gasteiger partial charge in [0.05, 0.1) is 5.00 Å². The summed E-state index contributed by atoms with van der Waals surface area (Å²) >= 11 is 6.03. The van der Waals surface area contributed by atoms with E-state index >= 15 is 0 Å². The molecule has 0 radical (unpaired) electrons. The lowest BCUT2D eigenvalue weighted by molar-refractivity contribution is 0.350. The number of hydrogen-bond acceptors (Lipinski definition) is 4. The van der Waals surface area contributed by atoms with Crippen LogP contribution in [0.3, 0.4) is 0 Å². The highest BCUT2D eigenvalue weighted by Crippen LogP contribution is 2.60. The van der Waals surface area contributed by atoms with Gasteiger partial charge in [-0.15, -0.1) is 11.3 Å². The van der Waals surface area contributed by atoms with Crippen molar-refractivity contribution in [2.24, 2.45) is 0 Å². The first kappa shape index (κ1) is 16.7. The van der Waals surface area contributed by atoms with Crippen LogP contribution in [0.2, 0.25) is 0 Å². The molecule has 11 heteroatoms. The van der Waals surface area contributed by atoms with E-state index in [9.17, 15) is 9.13 Å². The summed E-state index contributed by atoms with van der Waals surface area (Å²) in [6.45, 7) is 0. The Morgan fingerprint density at radius 3 is 2.24 bits per heavy atom. The molecule has 1 aromatic heterocycles. The minimum Gasteiger partial charge on any atom is -0.340 e. The summed E-state index contributed by atoms with van der Waals surface area (Å²) < 4.78 is 23.4. The first-order valence-corrected chi connectivity index (χ1v) is 10.1. The Kier molecular flexibility index (Phi) is 4.68. The molecule has 0 aliphatic carbocycles. The maximum Gasteiger partial charge on any atom is 0.347 e. The highest BCUT2D eigenvalue weighted by molar-refractivity contribution is 7.85. The van der Waals surface area contributed by atoms with E-state index < -0.39 is 25.6 Å². The quantitative estimate of drug-likeness (QED) is 0.412. The Morgan fingerprint density at radius 2 is 1.71 bits per heavy atom. The van der Waals surface area contributed by atoms with E-state index in [1.807, 2.05) is 24.3 Å². The van der Waals surface area contributed by atoms with Crippen molar-refractivity contribution >= 4 is 58.8 Å². The summed E-state index contributed by atoms with van der Waals surface area (Å²) in [6, 6.07) is 9.02. The minimum absolute atomic E-state index is 0.452. The van der Waals surface area contributed by atoms with E-state index in [0.717, 1.165) is 10.1 Å². The highest BCUT2D eigenvalue weighted by atomic mass is 32.1. The van der Waals surface area contributed by atoms with Gasteiger partial charge in [0, 0.05) is 4.70 Å². The van der Waals surface area contributed by atoms with Gasteiger partial charge in [-0.2, -0.15) is 0 Å². The van der Waals surface area contributed by atoms with Crippen LogP contribution in [0.5, 0.6) is 0 Å². The molecule has 2 rings (SSSR count). The zero-order chi connectivity index (χ0) is 15.8. The smallest absolute Gasteiger partial charge is 0.340 e. The van der Waals surface area contributed by atoms with Crippen molar-refractivity contribution in [2.75, 3.05) is 5.32 Å². The van der Waals surface area contributed by atoms with Crippen LogP contribution in [-0.2, 0) is 9.13 Å². The molecule has 0 saturated heterocycles. The van der Waals surface area contributed by atoms with Gasteiger partial charge in [-0.25, -0.2) is 0 Å². The molecule has 1 heterocycles. The van der Waals surface area contributed by atoms with Crippen LogP contribution in [0, 0.1) is 0 Å². The number of thiophene rings is 1. The number of thiocarbonyl (C=S) groups is 1. The molecular formula is C10H11NO6P2S2. The van der Waals surface area contributed by atoms with E-state index in [4.69, 9.17) is 31.8 Å². The van der Waals surface area contributed by atoms with Crippen LogP contribution in [0.25, 0.3) is 10.1 Å². The predicted molar refractivity (Wildman–Crippen MR) is 85.9 cm³/mol. The molecule has 7 nitrogen and oxygen atoms in total. The summed E-state index contributed by atoms with van der Waals surface area (Å²) in [7, 11) is -10.2. The van der Waals surface area contributed by atoms with Crippen LogP contribution < -0.4 is 5.32 Å². The van der Waals surface area contributed by atoms with Gasteiger partial charge in [-0.1, -0.05) is 30.4 Å². The fraction of sp³-hybridized carbons (Fsp3) is 0.100. The van der Waals surface area contributed by atoms with Gasteiger partial charge in [0.1, 0.15) is 4.99 Å². The largest absolute Gasteiger partial charge is 0.347 e. The molecule has 0 aliphatic heterocycles. The molecule has 0 unspecified atom stereocenters. The molecule has 0 fully saturated rings. The third kappa shape index (κ3) is 3.97. The Balaban J connectivity index is 2.31. The number of hydrogen-bond donors (Lipinski definition) is 5. The highest BCUT2D eigenvalue weighted by Gasteiger charge is 2.46. The molecular weight excluding hydrogens is 356 g/mol. The van der Waals surface area contributed by atoms with Gasteiger partial charge >= 0.3 is 15.2 Å². The van der Waals surface area contributed by atoms with Crippen molar-refractivity contribution in [3.8, 4) is 0 Å². The summed E-state index contributed by atoms with van der Waals surface area (Å²) in [5, 5.41) is 1.51. The van der Waals surface area contributed by atoms with E-state index in [0.29, 0.717) is 5.00 Å². The maximum absolute atomic E-state index is 11.3. The molecule has 0 spiro atoms. The van der Waals surface area contributed by atoms with Crippen molar-refractivity contribution in [3.63, 3.8) is 0 Å².